The van der Waals surface area contributed by atoms with E-state index in [-0.39, 0.29) is 16.2 Å². The van der Waals surface area contributed by atoms with E-state index in [0.29, 0.717) is 0 Å². The third kappa shape index (κ3) is 2.87. The normalized spacial score (nSPS) is 11.6. The number of hydrogen-bond acceptors (Lipinski definition) is 4. The maximum absolute atomic E-state index is 12.7. The van der Waals surface area contributed by atoms with Gasteiger partial charge in [-0.25, -0.2) is 9.97 Å². The Kier molecular flexibility index (Phi) is 3.76. The summed E-state index contributed by atoms with van der Waals surface area (Å²) >= 11 is 3.08. The zero-order valence-electron chi connectivity index (χ0n) is 9.48. The maximum Gasteiger partial charge on any atom is 0.450 e. The van der Waals surface area contributed by atoms with E-state index in [0.717, 1.165) is 10.8 Å². The molecular weight excluding hydrogens is 331 g/mol. The number of nitrogens with zero attached hydrogens (tertiary/aromatic N) is 3. The van der Waals surface area contributed by atoms with Crippen LogP contribution >= 0.6 is 15.9 Å². The molecule has 5 nitrogen and oxygen atoms in total. The number of imidazole rings is 1. The molecular formula is C10H7BrF3N3O2. The molecule has 0 bridgehead atoms. The van der Waals surface area contributed by atoms with Gasteiger partial charge in [0.25, 0.3) is 0 Å². The molecule has 2 aromatic heterocycles. The van der Waals surface area contributed by atoms with E-state index >= 15 is 0 Å². The van der Waals surface area contributed by atoms with Gasteiger partial charge >= 0.3 is 6.18 Å². The van der Waals surface area contributed by atoms with E-state index in [1.54, 1.807) is 0 Å². The van der Waals surface area contributed by atoms with Gasteiger partial charge in [0, 0.05) is 12.4 Å². The molecule has 0 unspecified atom stereocenters. The van der Waals surface area contributed by atoms with Crippen LogP contribution in [-0.2, 0) is 11.1 Å². The van der Waals surface area contributed by atoms with Gasteiger partial charge in [-0.15, -0.1) is 0 Å². The predicted octanol–water partition coefficient (Wildman–Crippen LogP) is 2.99. The number of aromatic nitrogens is 3. The average molecular weight is 338 g/mol. The second-order valence-corrected chi connectivity index (χ2v) is 4.08. The number of pyridine rings is 1. The molecule has 0 amide bonds. The average Bonchev–Trinajstić information content (AvgIpc) is 2.80. The van der Waals surface area contributed by atoms with Crippen molar-refractivity contribution >= 4 is 15.9 Å². The molecule has 19 heavy (non-hydrogen) atoms. The first-order chi connectivity index (χ1) is 8.93. The van der Waals surface area contributed by atoms with Gasteiger partial charge in [-0.05, 0) is 28.1 Å². The van der Waals surface area contributed by atoms with E-state index < -0.39 is 12.0 Å². The fourth-order valence-corrected chi connectivity index (χ4v) is 1.78. The molecule has 0 spiro atoms. The zero-order valence-corrected chi connectivity index (χ0v) is 11.1. The third-order valence-electron chi connectivity index (χ3n) is 2.11. The molecule has 0 radical (unpaired) electrons. The summed E-state index contributed by atoms with van der Waals surface area (Å²) in [6.45, 7) is 0. The summed E-state index contributed by atoms with van der Waals surface area (Å²) in [7, 11) is 1.30. The fraction of sp³-hybridized carbons (Fsp3) is 0.200. The van der Waals surface area contributed by atoms with Crippen molar-refractivity contribution in [1.29, 1.82) is 0 Å². The van der Waals surface area contributed by atoms with Crippen molar-refractivity contribution in [2.75, 3.05) is 7.11 Å². The number of hydrogen-bond donors (Lipinski definition) is 0. The number of rotatable bonds is 3. The molecule has 0 N–H and O–H groups in total. The molecule has 0 saturated carbocycles. The first-order valence-corrected chi connectivity index (χ1v) is 5.71. The molecule has 0 aliphatic rings. The molecule has 0 fully saturated rings. The van der Waals surface area contributed by atoms with Crippen molar-refractivity contribution in [2.24, 2.45) is 0 Å². The summed E-state index contributed by atoms with van der Waals surface area (Å²) in [6, 6.07) is 2.78. The van der Waals surface area contributed by atoms with E-state index in [4.69, 9.17) is 4.89 Å². The quantitative estimate of drug-likeness (QED) is 0.490. The van der Waals surface area contributed by atoms with Gasteiger partial charge in [-0.1, -0.05) is 0 Å². The minimum atomic E-state index is -4.56. The van der Waals surface area contributed by atoms with Crippen molar-refractivity contribution in [3.63, 3.8) is 0 Å². The first kappa shape index (κ1) is 13.8. The van der Waals surface area contributed by atoms with Crippen LogP contribution in [0.5, 0.6) is 5.75 Å². The van der Waals surface area contributed by atoms with Crippen molar-refractivity contribution in [3.8, 4) is 11.6 Å². The Morgan fingerprint density at radius 1 is 1.32 bits per heavy atom. The van der Waals surface area contributed by atoms with Crippen molar-refractivity contribution in [1.82, 2.24) is 14.5 Å². The highest BCUT2D eigenvalue weighted by molar-refractivity contribution is 9.10. The highest BCUT2D eigenvalue weighted by atomic mass is 79.9. The highest BCUT2D eigenvalue weighted by Gasteiger charge is 2.36. The minimum Gasteiger partial charge on any atom is -0.335 e. The molecule has 0 atom stereocenters. The van der Waals surface area contributed by atoms with Gasteiger partial charge < -0.3 is 4.89 Å². The Morgan fingerprint density at radius 3 is 2.63 bits per heavy atom. The van der Waals surface area contributed by atoms with E-state index in [1.807, 2.05) is 0 Å². The van der Waals surface area contributed by atoms with Crippen molar-refractivity contribution < 1.29 is 22.9 Å². The van der Waals surface area contributed by atoms with Crippen LogP contribution in [0.3, 0.4) is 0 Å². The molecule has 2 rings (SSSR count). The lowest BCUT2D eigenvalue weighted by molar-refractivity contribution is -0.179. The third-order valence-corrected chi connectivity index (χ3v) is 2.68. The smallest absolute Gasteiger partial charge is 0.335 e. The van der Waals surface area contributed by atoms with Gasteiger partial charge in [-0.3, -0.25) is 4.57 Å². The van der Waals surface area contributed by atoms with Gasteiger partial charge in [0.1, 0.15) is 5.82 Å². The van der Waals surface area contributed by atoms with Crippen LogP contribution in [0, 0.1) is 0 Å². The summed E-state index contributed by atoms with van der Waals surface area (Å²) in [5.74, 6) is -0.743. The molecule has 0 aliphatic heterocycles. The highest BCUT2D eigenvalue weighted by Crippen LogP contribution is 2.30. The topological polar surface area (TPSA) is 49.2 Å². The zero-order chi connectivity index (χ0) is 14.0. The SMILES string of the molecule is COOc1ccc(-n2ccnc2C(F)(F)F)nc1Br. The Morgan fingerprint density at radius 2 is 2.05 bits per heavy atom. The van der Waals surface area contributed by atoms with Crippen LogP contribution in [0.2, 0.25) is 0 Å². The molecule has 0 aromatic carbocycles. The maximum atomic E-state index is 12.7. The van der Waals surface area contributed by atoms with Crippen molar-refractivity contribution in [2.45, 2.75) is 6.18 Å². The minimum absolute atomic E-state index is 0.0557. The summed E-state index contributed by atoms with van der Waals surface area (Å²) in [5.41, 5.74) is 0. The standard InChI is InChI=1S/C10H7BrF3N3O2/c1-18-19-6-2-3-7(16-8(6)11)17-5-4-15-9(17)10(12,13)14/h2-5H,1H3. The molecule has 102 valence electrons. The lowest BCUT2D eigenvalue weighted by atomic mass is 10.4. The predicted molar refractivity (Wildman–Crippen MR) is 61.7 cm³/mol. The molecule has 2 heterocycles. The van der Waals surface area contributed by atoms with Crippen LogP contribution < -0.4 is 4.89 Å². The Labute approximate surface area is 114 Å². The number of halogens is 4. The second-order valence-electron chi connectivity index (χ2n) is 3.33. The van der Waals surface area contributed by atoms with E-state index in [2.05, 4.69) is 30.8 Å². The van der Waals surface area contributed by atoms with Crippen LogP contribution in [0.4, 0.5) is 13.2 Å². The summed E-state index contributed by atoms with van der Waals surface area (Å²) < 4.78 is 39.2. The summed E-state index contributed by atoms with van der Waals surface area (Å²) in [6.07, 6.45) is -2.33. The molecule has 2 aromatic rings. The Bertz CT molecular complexity index is 586. The summed E-state index contributed by atoms with van der Waals surface area (Å²) in [5, 5.41) is 0. The largest absolute Gasteiger partial charge is 0.450 e. The molecule has 0 aliphatic carbocycles. The number of alkyl halides is 3. The van der Waals surface area contributed by atoms with E-state index in [9.17, 15) is 13.2 Å². The Hall–Kier alpha value is -1.61. The van der Waals surface area contributed by atoms with Gasteiger partial charge in [0.15, 0.2) is 10.4 Å². The van der Waals surface area contributed by atoms with Gasteiger partial charge in [0.2, 0.25) is 5.82 Å². The lowest BCUT2D eigenvalue weighted by Gasteiger charge is -2.10. The van der Waals surface area contributed by atoms with Gasteiger partial charge in [0.05, 0.1) is 7.11 Å². The summed E-state index contributed by atoms with van der Waals surface area (Å²) in [4.78, 5) is 16.4. The van der Waals surface area contributed by atoms with Gasteiger partial charge in [-0.2, -0.15) is 18.1 Å². The molecule has 0 saturated heterocycles. The first-order valence-electron chi connectivity index (χ1n) is 4.91. The van der Waals surface area contributed by atoms with Crippen molar-refractivity contribution in [3.05, 3.63) is 35.0 Å². The second kappa shape index (κ2) is 5.17. The monoisotopic (exact) mass is 337 g/mol. The lowest BCUT2D eigenvalue weighted by Crippen LogP contribution is -2.14. The van der Waals surface area contributed by atoms with Crippen LogP contribution in [0.15, 0.2) is 29.1 Å². The molecule has 9 heteroatoms. The van der Waals surface area contributed by atoms with Crippen LogP contribution in [0.25, 0.3) is 5.82 Å². The Balaban J connectivity index is 2.43. The van der Waals surface area contributed by atoms with Crippen LogP contribution in [-0.4, -0.2) is 21.6 Å². The fourth-order valence-electron chi connectivity index (χ4n) is 1.40. The van der Waals surface area contributed by atoms with Crippen LogP contribution in [0.1, 0.15) is 5.82 Å². The van der Waals surface area contributed by atoms with E-state index in [1.165, 1.54) is 25.4 Å².